The number of likely N-dealkylation sites (N-methyl/N-ethyl adjacent to an activating group) is 1. The standard InChI is InChI=1S/C11H21NOS/c1-4-9(2)7-11(13)10-8-14-6-5-12(10)3/h10-11,13H,2,4-8H2,1,3H3. The molecule has 2 atom stereocenters. The predicted octanol–water partition coefficient (Wildman–Crippen LogP) is 1.75. The second-order valence-electron chi connectivity index (χ2n) is 4.00. The minimum absolute atomic E-state index is 0.236. The Hall–Kier alpha value is 0.01000. The Kier molecular flexibility index (Phi) is 4.99. The molecule has 14 heavy (non-hydrogen) atoms. The van der Waals surface area contributed by atoms with E-state index in [1.165, 1.54) is 5.75 Å². The van der Waals surface area contributed by atoms with Crippen molar-refractivity contribution in [1.29, 1.82) is 0 Å². The van der Waals surface area contributed by atoms with E-state index in [0.29, 0.717) is 6.04 Å². The summed E-state index contributed by atoms with van der Waals surface area (Å²) in [6.45, 7) is 7.13. The Morgan fingerprint density at radius 3 is 3.00 bits per heavy atom. The van der Waals surface area contributed by atoms with Crippen molar-refractivity contribution in [2.75, 3.05) is 25.1 Å². The van der Waals surface area contributed by atoms with E-state index < -0.39 is 0 Å². The van der Waals surface area contributed by atoms with Crippen molar-refractivity contribution in [2.24, 2.45) is 0 Å². The summed E-state index contributed by atoms with van der Waals surface area (Å²) in [5.41, 5.74) is 1.15. The fraction of sp³-hybridized carbons (Fsp3) is 0.818. The first-order valence-corrected chi connectivity index (χ1v) is 6.43. The van der Waals surface area contributed by atoms with Crippen LogP contribution in [-0.4, -0.2) is 47.3 Å². The summed E-state index contributed by atoms with van der Waals surface area (Å²) in [7, 11) is 2.10. The number of hydrogen-bond donors (Lipinski definition) is 1. The zero-order valence-corrected chi connectivity index (χ0v) is 10.0. The molecule has 1 N–H and O–H groups in total. The Bertz CT molecular complexity index is 196. The second kappa shape index (κ2) is 5.79. The van der Waals surface area contributed by atoms with E-state index in [-0.39, 0.29) is 6.10 Å². The van der Waals surface area contributed by atoms with Crippen molar-refractivity contribution < 1.29 is 5.11 Å². The van der Waals surface area contributed by atoms with Gasteiger partial charge in [0.05, 0.1) is 6.10 Å². The molecular weight excluding hydrogens is 194 g/mol. The lowest BCUT2D eigenvalue weighted by Gasteiger charge is -2.35. The molecule has 2 nitrogen and oxygen atoms in total. The molecule has 1 rings (SSSR count). The van der Waals surface area contributed by atoms with Gasteiger partial charge in [0.25, 0.3) is 0 Å². The number of aliphatic hydroxyl groups is 1. The molecule has 0 bridgehead atoms. The van der Waals surface area contributed by atoms with Gasteiger partial charge in [-0.15, -0.1) is 0 Å². The molecule has 1 aliphatic rings. The van der Waals surface area contributed by atoms with Crippen molar-refractivity contribution in [3.05, 3.63) is 12.2 Å². The molecule has 82 valence electrons. The topological polar surface area (TPSA) is 23.5 Å². The largest absolute Gasteiger partial charge is 0.391 e. The zero-order chi connectivity index (χ0) is 10.6. The molecular formula is C11H21NOS. The molecule has 3 heteroatoms. The van der Waals surface area contributed by atoms with Crippen LogP contribution in [0.25, 0.3) is 0 Å². The third kappa shape index (κ3) is 3.30. The SMILES string of the molecule is C=C(CC)CC(O)C1CSCCN1C. The fourth-order valence-corrected chi connectivity index (χ4v) is 2.99. The van der Waals surface area contributed by atoms with Crippen molar-refractivity contribution in [3.63, 3.8) is 0 Å². The van der Waals surface area contributed by atoms with Crippen molar-refractivity contribution in [2.45, 2.75) is 31.9 Å². The van der Waals surface area contributed by atoms with E-state index in [1.807, 2.05) is 11.8 Å². The van der Waals surface area contributed by atoms with Gasteiger partial charge >= 0.3 is 0 Å². The molecule has 0 aromatic heterocycles. The van der Waals surface area contributed by atoms with E-state index in [1.54, 1.807) is 0 Å². The minimum atomic E-state index is -0.236. The molecule has 1 saturated heterocycles. The molecule has 1 aliphatic heterocycles. The van der Waals surface area contributed by atoms with Crippen molar-refractivity contribution in [1.82, 2.24) is 4.90 Å². The van der Waals surface area contributed by atoms with Crippen LogP contribution in [0.3, 0.4) is 0 Å². The Morgan fingerprint density at radius 2 is 2.43 bits per heavy atom. The van der Waals surface area contributed by atoms with Gasteiger partial charge in [-0.25, -0.2) is 0 Å². The highest BCUT2D eigenvalue weighted by Gasteiger charge is 2.26. The lowest BCUT2D eigenvalue weighted by molar-refractivity contribution is 0.0759. The highest BCUT2D eigenvalue weighted by atomic mass is 32.2. The van der Waals surface area contributed by atoms with Crippen LogP contribution in [0.1, 0.15) is 19.8 Å². The Balaban J connectivity index is 2.41. The quantitative estimate of drug-likeness (QED) is 0.723. The third-order valence-corrected chi connectivity index (χ3v) is 3.93. The smallest absolute Gasteiger partial charge is 0.0740 e. The van der Waals surface area contributed by atoms with Gasteiger partial charge in [-0.05, 0) is 19.9 Å². The van der Waals surface area contributed by atoms with Gasteiger partial charge < -0.3 is 5.11 Å². The highest BCUT2D eigenvalue weighted by Crippen LogP contribution is 2.21. The first-order valence-electron chi connectivity index (χ1n) is 5.27. The summed E-state index contributed by atoms with van der Waals surface area (Å²) in [5.74, 6) is 2.24. The van der Waals surface area contributed by atoms with Crippen molar-refractivity contribution >= 4 is 11.8 Å². The Labute approximate surface area is 91.4 Å². The van der Waals surface area contributed by atoms with Gasteiger partial charge in [-0.3, -0.25) is 4.90 Å². The molecule has 0 aromatic rings. The summed E-state index contributed by atoms with van der Waals surface area (Å²) >= 11 is 1.94. The average molecular weight is 215 g/mol. The van der Waals surface area contributed by atoms with Crippen LogP contribution < -0.4 is 0 Å². The molecule has 0 aliphatic carbocycles. The van der Waals surface area contributed by atoms with E-state index in [2.05, 4.69) is 25.5 Å². The van der Waals surface area contributed by atoms with Gasteiger partial charge in [0.15, 0.2) is 0 Å². The molecule has 1 fully saturated rings. The number of aliphatic hydroxyl groups excluding tert-OH is 1. The second-order valence-corrected chi connectivity index (χ2v) is 5.15. The summed E-state index contributed by atoms with van der Waals surface area (Å²) in [4.78, 5) is 2.27. The van der Waals surface area contributed by atoms with Crippen LogP contribution in [0.15, 0.2) is 12.2 Å². The highest BCUT2D eigenvalue weighted by molar-refractivity contribution is 7.99. The predicted molar refractivity (Wildman–Crippen MR) is 63.8 cm³/mol. The number of thioether (sulfide) groups is 1. The van der Waals surface area contributed by atoms with Crippen LogP contribution in [0.4, 0.5) is 0 Å². The molecule has 0 aromatic carbocycles. The molecule has 0 amide bonds. The third-order valence-electron chi connectivity index (χ3n) is 2.89. The molecule has 2 unspecified atom stereocenters. The summed E-state index contributed by atoms with van der Waals surface area (Å²) in [6.07, 6.45) is 1.49. The first kappa shape index (κ1) is 12.1. The van der Waals surface area contributed by atoms with Gasteiger partial charge in [0, 0.05) is 24.1 Å². The average Bonchev–Trinajstić information content (AvgIpc) is 2.18. The molecule has 1 heterocycles. The van der Waals surface area contributed by atoms with Crippen molar-refractivity contribution in [3.8, 4) is 0 Å². The maximum absolute atomic E-state index is 10.0. The van der Waals surface area contributed by atoms with Gasteiger partial charge in [-0.2, -0.15) is 11.8 Å². The summed E-state index contributed by atoms with van der Waals surface area (Å²) in [5, 5.41) is 10.0. The van der Waals surface area contributed by atoms with Crippen LogP contribution >= 0.6 is 11.8 Å². The van der Waals surface area contributed by atoms with Crippen LogP contribution in [0, 0.1) is 0 Å². The lowest BCUT2D eigenvalue weighted by atomic mass is 10.0. The van der Waals surface area contributed by atoms with Gasteiger partial charge in [0.1, 0.15) is 0 Å². The van der Waals surface area contributed by atoms with E-state index in [4.69, 9.17) is 0 Å². The van der Waals surface area contributed by atoms with E-state index in [0.717, 1.165) is 30.7 Å². The van der Waals surface area contributed by atoms with Gasteiger partial charge in [0.2, 0.25) is 0 Å². The lowest BCUT2D eigenvalue weighted by Crippen LogP contribution is -2.47. The normalized spacial score (nSPS) is 26.1. The summed E-state index contributed by atoms with van der Waals surface area (Å²) < 4.78 is 0. The van der Waals surface area contributed by atoms with Crippen LogP contribution in [0.2, 0.25) is 0 Å². The fourth-order valence-electron chi connectivity index (χ4n) is 1.69. The minimum Gasteiger partial charge on any atom is -0.391 e. The van der Waals surface area contributed by atoms with Crippen LogP contribution in [-0.2, 0) is 0 Å². The summed E-state index contributed by atoms with van der Waals surface area (Å²) in [6, 6.07) is 0.317. The number of hydrogen-bond acceptors (Lipinski definition) is 3. The van der Waals surface area contributed by atoms with E-state index in [9.17, 15) is 5.11 Å². The number of rotatable bonds is 4. The maximum Gasteiger partial charge on any atom is 0.0740 e. The molecule has 0 saturated carbocycles. The number of nitrogens with zero attached hydrogens (tertiary/aromatic N) is 1. The molecule has 0 radical (unpaired) electrons. The maximum atomic E-state index is 10.0. The molecule has 0 spiro atoms. The Morgan fingerprint density at radius 1 is 1.71 bits per heavy atom. The monoisotopic (exact) mass is 215 g/mol. The van der Waals surface area contributed by atoms with E-state index >= 15 is 0 Å². The van der Waals surface area contributed by atoms with Gasteiger partial charge in [-0.1, -0.05) is 19.1 Å². The van der Waals surface area contributed by atoms with Crippen LogP contribution in [0.5, 0.6) is 0 Å². The zero-order valence-electron chi connectivity index (χ0n) is 9.20. The first-order chi connectivity index (χ1) is 6.65.